The summed E-state index contributed by atoms with van der Waals surface area (Å²) in [7, 11) is 0. The third kappa shape index (κ3) is 2.96. The third-order valence-corrected chi connectivity index (χ3v) is 5.08. The van der Waals surface area contributed by atoms with Crippen LogP contribution in [-0.2, 0) is 17.8 Å². The van der Waals surface area contributed by atoms with Crippen LogP contribution in [0.15, 0.2) is 24.4 Å². The van der Waals surface area contributed by atoms with Crippen molar-refractivity contribution >= 4 is 28.3 Å². The molecule has 23 heavy (non-hydrogen) atoms. The molecule has 0 saturated heterocycles. The topological polar surface area (TPSA) is 75.2 Å². The molecule has 0 spiro atoms. The Hall–Kier alpha value is -2.28. The van der Waals surface area contributed by atoms with Gasteiger partial charge in [-0.2, -0.15) is 0 Å². The molecule has 1 aliphatic carbocycles. The normalized spacial score (nSPS) is 16.8. The third-order valence-electron chi connectivity index (χ3n) is 4.08. The largest absolute Gasteiger partial charge is 0.332 e. The van der Waals surface area contributed by atoms with Crippen molar-refractivity contribution in [2.45, 2.75) is 25.8 Å². The van der Waals surface area contributed by atoms with Crippen molar-refractivity contribution in [3.05, 3.63) is 40.7 Å². The molecule has 1 fully saturated rings. The van der Waals surface area contributed by atoms with Crippen LogP contribution < -0.4 is 5.32 Å². The quantitative estimate of drug-likeness (QED) is 0.936. The van der Waals surface area contributed by atoms with Crippen molar-refractivity contribution in [3.63, 3.8) is 0 Å². The number of thiazole rings is 1. The second kappa shape index (κ2) is 5.73. The molecule has 7 heteroatoms. The number of amides is 2. The Morgan fingerprint density at radius 1 is 1.30 bits per heavy atom. The zero-order valence-electron chi connectivity index (χ0n) is 12.5. The zero-order valence-corrected chi connectivity index (χ0v) is 13.3. The number of carbonyl (C=O) groups is 2. The molecular weight excluding hydrogens is 312 g/mol. The summed E-state index contributed by atoms with van der Waals surface area (Å²) >= 11 is 1.47. The maximum absolute atomic E-state index is 12.5. The van der Waals surface area contributed by atoms with Crippen LogP contribution in [0.4, 0.5) is 5.13 Å². The first-order valence-corrected chi connectivity index (χ1v) is 8.52. The second-order valence-electron chi connectivity index (χ2n) is 5.84. The highest BCUT2D eigenvalue weighted by Gasteiger charge is 2.31. The maximum atomic E-state index is 12.5. The van der Waals surface area contributed by atoms with Crippen molar-refractivity contribution in [1.29, 1.82) is 0 Å². The minimum Gasteiger partial charge on any atom is -0.332 e. The van der Waals surface area contributed by atoms with Gasteiger partial charge in [-0.1, -0.05) is 17.4 Å². The number of hydrogen-bond donors (Lipinski definition) is 1. The molecule has 0 unspecified atom stereocenters. The lowest BCUT2D eigenvalue weighted by Crippen LogP contribution is -2.35. The molecule has 0 radical (unpaired) electrons. The van der Waals surface area contributed by atoms with Crippen LogP contribution >= 0.6 is 11.3 Å². The van der Waals surface area contributed by atoms with E-state index in [0.29, 0.717) is 30.3 Å². The Morgan fingerprint density at radius 2 is 2.17 bits per heavy atom. The highest BCUT2D eigenvalue weighted by atomic mass is 32.1. The molecular formula is C16H16N4O2S. The van der Waals surface area contributed by atoms with Crippen LogP contribution in [0, 0.1) is 5.92 Å². The van der Waals surface area contributed by atoms with Crippen LogP contribution in [0.5, 0.6) is 0 Å². The van der Waals surface area contributed by atoms with E-state index in [4.69, 9.17) is 0 Å². The van der Waals surface area contributed by atoms with E-state index in [9.17, 15) is 9.59 Å². The fraction of sp³-hybridized carbons (Fsp3) is 0.375. The molecule has 1 saturated carbocycles. The number of nitrogens with zero attached hydrogens (tertiary/aromatic N) is 3. The lowest BCUT2D eigenvalue weighted by molar-refractivity contribution is -0.117. The van der Waals surface area contributed by atoms with E-state index in [1.54, 1.807) is 23.2 Å². The zero-order chi connectivity index (χ0) is 15.8. The second-order valence-corrected chi connectivity index (χ2v) is 6.93. The van der Waals surface area contributed by atoms with Gasteiger partial charge in [0.25, 0.3) is 5.91 Å². The maximum Gasteiger partial charge on any atom is 0.272 e. The SMILES string of the molecule is O=C(Nc1nc2c(s1)CN(C(=O)c1ccccn1)CC2)C1CC1. The summed E-state index contributed by atoms with van der Waals surface area (Å²) in [6.45, 7) is 1.16. The van der Waals surface area contributed by atoms with Crippen LogP contribution in [0.3, 0.4) is 0 Å². The van der Waals surface area contributed by atoms with Gasteiger partial charge in [-0.05, 0) is 25.0 Å². The summed E-state index contributed by atoms with van der Waals surface area (Å²) in [4.78, 5) is 35.8. The standard InChI is InChI=1S/C16H16N4O2S/c21-14(10-4-5-10)19-16-18-11-6-8-20(9-13(11)23-16)15(22)12-3-1-2-7-17-12/h1-3,7,10H,4-6,8-9H2,(H,18,19,21). The fourth-order valence-electron chi connectivity index (χ4n) is 2.63. The summed E-state index contributed by atoms with van der Waals surface area (Å²) in [5, 5.41) is 3.54. The molecule has 0 aromatic carbocycles. The Labute approximate surface area is 137 Å². The number of fused-ring (bicyclic) bond motifs is 1. The number of nitrogens with one attached hydrogen (secondary N) is 1. The van der Waals surface area contributed by atoms with Gasteiger partial charge in [0.1, 0.15) is 5.69 Å². The summed E-state index contributed by atoms with van der Waals surface area (Å²) in [6, 6.07) is 5.34. The number of carbonyl (C=O) groups excluding carboxylic acids is 2. The van der Waals surface area contributed by atoms with Crippen LogP contribution in [0.2, 0.25) is 0 Å². The van der Waals surface area contributed by atoms with E-state index in [1.807, 2.05) is 6.07 Å². The number of hydrogen-bond acceptors (Lipinski definition) is 5. The minimum atomic E-state index is -0.0618. The molecule has 2 aromatic heterocycles. The van der Waals surface area contributed by atoms with Gasteiger partial charge in [-0.15, -0.1) is 0 Å². The first-order chi connectivity index (χ1) is 11.2. The van der Waals surface area contributed by atoms with Crippen molar-refractivity contribution in [2.75, 3.05) is 11.9 Å². The van der Waals surface area contributed by atoms with E-state index >= 15 is 0 Å². The molecule has 2 aromatic rings. The van der Waals surface area contributed by atoms with Gasteiger partial charge in [0, 0.05) is 30.0 Å². The van der Waals surface area contributed by atoms with E-state index in [2.05, 4.69) is 15.3 Å². The first kappa shape index (κ1) is 14.3. The van der Waals surface area contributed by atoms with Gasteiger partial charge in [-0.25, -0.2) is 4.98 Å². The van der Waals surface area contributed by atoms with Crippen LogP contribution in [0.25, 0.3) is 0 Å². The Bertz CT molecular complexity index is 755. The summed E-state index contributed by atoms with van der Waals surface area (Å²) in [6.07, 6.45) is 4.29. The Kier molecular flexibility index (Phi) is 3.57. The number of aromatic nitrogens is 2. The molecule has 2 aliphatic rings. The number of anilines is 1. The van der Waals surface area contributed by atoms with Crippen molar-refractivity contribution in [3.8, 4) is 0 Å². The summed E-state index contributed by atoms with van der Waals surface area (Å²) in [5.74, 6) is 0.170. The van der Waals surface area contributed by atoms with Gasteiger partial charge in [0.15, 0.2) is 5.13 Å². The number of pyridine rings is 1. The molecule has 4 rings (SSSR count). The van der Waals surface area contributed by atoms with Crippen molar-refractivity contribution in [1.82, 2.24) is 14.9 Å². The van der Waals surface area contributed by atoms with Crippen LogP contribution in [-0.4, -0.2) is 33.2 Å². The highest BCUT2D eigenvalue weighted by molar-refractivity contribution is 7.15. The molecule has 1 N–H and O–H groups in total. The molecule has 2 amide bonds. The monoisotopic (exact) mass is 328 g/mol. The number of rotatable bonds is 3. The molecule has 0 atom stereocenters. The highest BCUT2D eigenvalue weighted by Crippen LogP contribution is 2.33. The lowest BCUT2D eigenvalue weighted by Gasteiger charge is -2.25. The van der Waals surface area contributed by atoms with E-state index in [0.717, 1.165) is 23.4 Å². The van der Waals surface area contributed by atoms with Crippen LogP contribution in [0.1, 0.15) is 33.9 Å². The Morgan fingerprint density at radius 3 is 2.91 bits per heavy atom. The first-order valence-electron chi connectivity index (χ1n) is 7.70. The lowest BCUT2D eigenvalue weighted by atomic mass is 10.1. The fourth-order valence-corrected chi connectivity index (χ4v) is 3.65. The van der Waals surface area contributed by atoms with Gasteiger partial charge in [-0.3, -0.25) is 14.6 Å². The predicted molar refractivity (Wildman–Crippen MR) is 86.1 cm³/mol. The van der Waals surface area contributed by atoms with Gasteiger partial charge in [0.2, 0.25) is 5.91 Å². The predicted octanol–water partition coefficient (Wildman–Crippen LogP) is 2.09. The smallest absolute Gasteiger partial charge is 0.272 e. The molecule has 6 nitrogen and oxygen atoms in total. The Balaban J connectivity index is 1.47. The molecule has 3 heterocycles. The minimum absolute atomic E-state index is 0.0618. The molecule has 118 valence electrons. The average molecular weight is 328 g/mol. The summed E-state index contributed by atoms with van der Waals surface area (Å²) < 4.78 is 0. The van der Waals surface area contributed by atoms with E-state index in [1.165, 1.54) is 11.3 Å². The molecule has 1 aliphatic heterocycles. The van der Waals surface area contributed by atoms with E-state index < -0.39 is 0 Å². The van der Waals surface area contributed by atoms with Crippen molar-refractivity contribution < 1.29 is 9.59 Å². The summed E-state index contributed by atoms with van der Waals surface area (Å²) in [5.41, 5.74) is 1.45. The average Bonchev–Trinajstić information content (AvgIpc) is 3.35. The van der Waals surface area contributed by atoms with Crippen molar-refractivity contribution in [2.24, 2.45) is 5.92 Å². The van der Waals surface area contributed by atoms with Gasteiger partial charge < -0.3 is 10.2 Å². The van der Waals surface area contributed by atoms with Gasteiger partial charge in [0.05, 0.1) is 12.2 Å². The molecule has 0 bridgehead atoms. The van der Waals surface area contributed by atoms with E-state index in [-0.39, 0.29) is 17.7 Å². The van der Waals surface area contributed by atoms with Gasteiger partial charge >= 0.3 is 0 Å².